The molecule has 3 aromatic carbocycles. The molecule has 0 saturated heterocycles. The van der Waals surface area contributed by atoms with Gasteiger partial charge in [-0.15, -0.1) is 0 Å². The second-order valence-corrected chi connectivity index (χ2v) is 5.30. The monoisotopic (exact) mass is 322 g/mol. The minimum absolute atomic E-state index is 0.0962. The van der Waals surface area contributed by atoms with Gasteiger partial charge in [0.25, 0.3) is 5.69 Å². The van der Waals surface area contributed by atoms with Crippen molar-refractivity contribution in [3.05, 3.63) is 94.3 Å². The third kappa shape index (κ3) is 3.41. The van der Waals surface area contributed by atoms with E-state index in [1.165, 1.54) is 12.1 Å². The van der Waals surface area contributed by atoms with Crippen molar-refractivity contribution in [1.82, 2.24) is 0 Å². The molecule has 3 rings (SSSR count). The van der Waals surface area contributed by atoms with Crippen molar-refractivity contribution < 1.29 is 9.31 Å². The Hall–Kier alpha value is -3.21. The van der Waals surface area contributed by atoms with Gasteiger partial charge in [0.2, 0.25) is 0 Å². The lowest BCUT2D eigenvalue weighted by atomic mass is 10.0. The van der Waals surface area contributed by atoms with Crippen LogP contribution in [0.4, 0.5) is 15.8 Å². The molecule has 24 heavy (non-hydrogen) atoms. The molecule has 4 nitrogen and oxygen atoms in total. The third-order valence-corrected chi connectivity index (χ3v) is 3.72. The minimum Gasteiger partial charge on any atom is -0.380 e. The van der Waals surface area contributed by atoms with Crippen LogP contribution in [0.25, 0.3) is 11.1 Å². The van der Waals surface area contributed by atoms with Crippen molar-refractivity contribution in [2.75, 3.05) is 5.32 Å². The zero-order valence-electron chi connectivity index (χ0n) is 12.8. The highest BCUT2D eigenvalue weighted by molar-refractivity contribution is 5.77. The number of halogens is 1. The van der Waals surface area contributed by atoms with E-state index in [0.717, 1.165) is 22.9 Å². The van der Waals surface area contributed by atoms with E-state index in [0.29, 0.717) is 5.56 Å². The highest BCUT2D eigenvalue weighted by Gasteiger charge is 2.14. The predicted molar refractivity (Wildman–Crippen MR) is 92.3 cm³/mol. The topological polar surface area (TPSA) is 55.2 Å². The summed E-state index contributed by atoms with van der Waals surface area (Å²) in [5, 5.41) is 14.3. The lowest BCUT2D eigenvalue weighted by molar-refractivity contribution is -0.385. The highest BCUT2D eigenvalue weighted by atomic mass is 19.1. The van der Waals surface area contributed by atoms with E-state index in [2.05, 4.69) is 5.32 Å². The molecule has 1 N–H and O–H groups in total. The molecule has 0 saturated carbocycles. The van der Waals surface area contributed by atoms with Crippen LogP contribution in [0.15, 0.2) is 72.8 Å². The van der Waals surface area contributed by atoms with Crippen molar-refractivity contribution in [3.63, 3.8) is 0 Å². The van der Waals surface area contributed by atoms with E-state index in [4.69, 9.17) is 0 Å². The van der Waals surface area contributed by atoms with Crippen LogP contribution in [0.5, 0.6) is 0 Å². The van der Waals surface area contributed by atoms with Gasteiger partial charge in [-0.05, 0) is 23.8 Å². The van der Waals surface area contributed by atoms with E-state index in [1.807, 2.05) is 54.6 Å². The molecular weight excluding hydrogens is 307 g/mol. The molecule has 0 aliphatic carbocycles. The van der Waals surface area contributed by atoms with Gasteiger partial charge in [-0.25, -0.2) is 4.39 Å². The Morgan fingerprint density at radius 3 is 2.42 bits per heavy atom. The molecule has 5 heteroatoms. The Kier molecular flexibility index (Phi) is 4.52. The molecule has 0 spiro atoms. The summed E-state index contributed by atoms with van der Waals surface area (Å²) in [6.45, 7) is 0.165. The van der Waals surface area contributed by atoms with E-state index in [9.17, 15) is 14.5 Å². The number of rotatable bonds is 5. The first kappa shape index (κ1) is 15.7. The molecule has 0 aliphatic heterocycles. The van der Waals surface area contributed by atoms with Gasteiger partial charge in [0.15, 0.2) is 0 Å². The van der Waals surface area contributed by atoms with Crippen LogP contribution in [0.3, 0.4) is 0 Å². The van der Waals surface area contributed by atoms with Crippen LogP contribution in [-0.2, 0) is 6.54 Å². The molecule has 0 fully saturated rings. The molecule has 3 aromatic rings. The number of nitro benzene ring substituents is 1. The van der Waals surface area contributed by atoms with Crippen molar-refractivity contribution in [2.24, 2.45) is 0 Å². The molecule has 0 aliphatic rings. The zero-order chi connectivity index (χ0) is 16.9. The predicted octanol–water partition coefficient (Wildman–Crippen LogP) is 5.01. The van der Waals surface area contributed by atoms with Crippen molar-refractivity contribution in [2.45, 2.75) is 6.54 Å². The lowest BCUT2D eigenvalue weighted by Gasteiger charge is -2.12. The number of anilines is 1. The largest absolute Gasteiger partial charge is 0.380 e. The molecule has 120 valence electrons. The van der Waals surface area contributed by atoms with Crippen molar-refractivity contribution in [3.8, 4) is 11.1 Å². The van der Waals surface area contributed by atoms with Gasteiger partial charge in [-0.2, -0.15) is 0 Å². The van der Waals surface area contributed by atoms with Crippen molar-refractivity contribution in [1.29, 1.82) is 0 Å². The number of nitrogens with one attached hydrogen (secondary N) is 1. The number of benzene rings is 3. The van der Waals surface area contributed by atoms with Gasteiger partial charge in [0.1, 0.15) is 5.82 Å². The average Bonchev–Trinajstić information content (AvgIpc) is 2.61. The molecule has 0 atom stereocenters. The zero-order valence-corrected chi connectivity index (χ0v) is 12.8. The standard InChI is InChI=1S/C19H15FN2O2/c20-16-10-11-19(22(23)24)15(12-16)13-21-18-9-5-4-8-17(18)14-6-2-1-3-7-14/h1-12,21H,13H2. The number of hydrogen-bond donors (Lipinski definition) is 1. The summed E-state index contributed by atoms with van der Waals surface area (Å²) >= 11 is 0. The minimum atomic E-state index is -0.500. The maximum atomic E-state index is 13.4. The Morgan fingerprint density at radius 1 is 0.958 bits per heavy atom. The highest BCUT2D eigenvalue weighted by Crippen LogP contribution is 2.29. The molecule has 0 aromatic heterocycles. The summed E-state index contributed by atoms with van der Waals surface area (Å²) < 4.78 is 13.4. The summed E-state index contributed by atoms with van der Waals surface area (Å²) in [5.74, 6) is -0.492. The van der Waals surface area contributed by atoms with Gasteiger partial charge in [0, 0.05) is 23.9 Å². The fourth-order valence-electron chi connectivity index (χ4n) is 2.57. The first-order chi connectivity index (χ1) is 11.6. The van der Waals surface area contributed by atoms with Gasteiger partial charge < -0.3 is 5.32 Å². The molecule has 0 radical (unpaired) electrons. The molecule has 0 amide bonds. The van der Waals surface area contributed by atoms with Crippen LogP contribution in [0.2, 0.25) is 0 Å². The van der Waals surface area contributed by atoms with Crippen LogP contribution >= 0.6 is 0 Å². The van der Waals surface area contributed by atoms with Gasteiger partial charge >= 0.3 is 0 Å². The number of hydrogen-bond acceptors (Lipinski definition) is 3. The van der Waals surface area contributed by atoms with Gasteiger partial charge in [0.05, 0.1) is 10.5 Å². The molecule has 0 bridgehead atoms. The van der Waals surface area contributed by atoms with Crippen LogP contribution in [0.1, 0.15) is 5.56 Å². The quantitative estimate of drug-likeness (QED) is 0.530. The molecule has 0 unspecified atom stereocenters. The summed E-state index contributed by atoms with van der Waals surface area (Å²) in [6.07, 6.45) is 0. The first-order valence-corrected chi connectivity index (χ1v) is 7.46. The Balaban J connectivity index is 1.89. The van der Waals surface area contributed by atoms with Gasteiger partial charge in [-0.1, -0.05) is 48.5 Å². The Bertz CT molecular complexity index is 866. The normalized spacial score (nSPS) is 10.4. The summed E-state index contributed by atoms with van der Waals surface area (Å²) in [6, 6.07) is 21.0. The lowest BCUT2D eigenvalue weighted by Crippen LogP contribution is -2.04. The number of nitrogens with zero attached hydrogens (tertiary/aromatic N) is 1. The van der Waals surface area contributed by atoms with E-state index in [-0.39, 0.29) is 12.2 Å². The third-order valence-electron chi connectivity index (χ3n) is 3.72. The summed E-state index contributed by atoms with van der Waals surface area (Å²) in [5.41, 5.74) is 3.07. The number of nitro groups is 1. The maximum absolute atomic E-state index is 13.4. The first-order valence-electron chi connectivity index (χ1n) is 7.46. The van der Waals surface area contributed by atoms with E-state index < -0.39 is 10.7 Å². The van der Waals surface area contributed by atoms with Gasteiger partial charge in [-0.3, -0.25) is 10.1 Å². The smallest absolute Gasteiger partial charge is 0.274 e. The SMILES string of the molecule is O=[N+]([O-])c1ccc(F)cc1CNc1ccccc1-c1ccccc1. The van der Waals surface area contributed by atoms with Crippen molar-refractivity contribution >= 4 is 11.4 Å². The molecule has 0 heterocycles. The molecular formula is C19H15FN2O2. The Morgan fingerprint density at radius 2 is 1.67 bits per heavy atom. The second kappa shape index (κ2) is 6.91. The van der Waals surface area contributed by atoms with Crippen LogP contribution in [-0.4, -0.2) is 4.92 Å². The average molecular weight is 322 g/mol. The summed E-state index contributed by atoms with van der Waals surface area (Å²) in [4.78, 5) is 10.6. The van der Waals surface area contributed by atoms with Crippen LogP contribution in [0, 0.1) is 15.9 Å². The fraction of sp³-hybridized carbons (Fsp3) is 0.0526. The summed E-state index contributed by atoms with van der Waals surface area (Å²) in [7, 11) is 0. The fourth-order valence-corrected chi connectivity index (χ4v) is 2.57. The number of para-hydroxylation sites is 1. The Labute approximate surface area is 138 Å². The van der Waals surface area contributed by atoms with Crippen LogP contribution < -0.4 is 5.32 Å². The second-order valence-electron chi connectivity index (χ2n) is 5.30. The van der Waals surface area contributed by atoms with E-state index in [1.54, 1.807) is 0 Å². The maximum Gasteiger partial charge on any atom is 0.274 e. The van der Waals surface area contributed by atoms with E-state index >= 15 is 0 Å².